The van der Waals surface area contributed by atoms with E-state index in [9.17, 15) is 9.80 Å². The SMILES string of the molecule is CC(C)(C)C1CCC(CN2C(=N)N(CCCC[C@H]3CN=C(N)N3CCc3cccc(F)c3)C[C@H]2Cc2ccccc2)CC1. The van der Waals surface area contributed by atoms with Crippen molar-refractivity contribution in [3.8, 4) is 0 Å². The number of nitrogens with two attached hydrogens (primary N) is 1. The zero-order chi connectivity index (χ0) is 30.4. The van der Waals surface area contributed by atoms with Crippen LogP contribution >= 0.6 is 0 Å². The van der Waals surface area contributed by atoms with Gasteiger partial charge in [-0.25, -0.2) is 4.39 Å². The highest BCUT2D eigenvalue weighted by molar-refractivity contribution is 5.80. The molecule has 2 heterocycles. The summed E-state index contributed by atoms with van der Waals surface area (Å²) in [6.07, 6.45) is 10.1. The summed E-state index contributed by atoms with van der Waals surface area (Å²) in [6, 6.07) is 18.3. The van der Waals surface area contributed by atoms with Gasteiger partial charge in [0.05, 0.1) is 18.6 Å². The third kappa shape index (κ3) is 8.30. The van der Waals surface area contributed by atoms with E-state index >= 15 is 0 Å². The number of hydrogen-bond donors (Lipinski definition) is 2. The van der Waals surface area contributed by atoms with Crippen LogP contribution < -0.4 is 5.73 Å². The monoisotopic (exact) mass is 588 g/mol. The van der Waals surface area contributed by atoms with E-state index < -0.39 is 0 Å². The second kappa shape index (κ2) is 14.1. The first-order valence-electron chi connectivity index (χ1n) is 16.6. The minimum Gasteiger partial charge on any atom is -0.370 e. The number of guanidine groups is 2. The number of unbranched alkanes of at least 4 members (excludes halogenated alkanes) is 1. The first-order chi connectivity index (χ1) is 20.7. The fraction of sp³-hybridized carbons (Fsp3) is 0.611. The standard InChI is InChI=1S/C36H53FN6/c1-36(2,3)30-17-15-29(16-18-30)25-43-33(23-27-10-5-4-6-11-27)26-41(35(43)39)20-8-7-14-32-24-40-34(38)42(32)21-19-28-12-9-13-31(37)22-28/h4-6,9-13,22,29-30,32-33,39H,7-8,14-21,23-26H2,1-3H3,(H2,38,40)/t29?,30?,32-,33+/m0/s1. The van der Waals surface area contributed by atoms with Gasteiger partial charge in [0, 0.05) is 26.2 Å². The van der Waals surface area contributed by atoms with Crippen LogP contribution in [0.1, 0.15) is 76.8 Å². The average Bonchev–Trinajstić information content (AvgIpc) is 3.48. The number of aliphatic imine (C=N–C) groups is 1. The van der Waals surface area contributed by atoms with Crippen LogP contribution in [0, 0.1) is 28.5 Å². The van der Waals surface area contributed by atoms with Crippen molar-refractivity contribution in [2.24, 2.45) is 28.0 Å². The van der Waals surface area contributed by atoms with Gasteiger partial charge in [-0.3, -0.25) is 10.4 Å². The largest absolute Gasteiger partial charge is 0.370 e. The summed E-state index contributed by atoms with van der Waals surface area (Å²) in [5.41, 5.74) is 8.99. The fourth-order valence-electron chi connectivity index (χ4n) is 7.52. The molecule has 1 saturated carbocycles. The molecule has 43 heavy (non-hydrogen) atoms. The molecule has 2 fully saturated rings. The summed E-state index contributed by atoms with van der Waals surface area (Å²) in [5, 5.41) is 9.21. The van der Waals surface area contributed by atoms with Crippen LogP contribution in [0.25, 0.3) is 0 Å². The molecule has 0 aromatic heterocycles. The Kier molecular flexibility index (Phi) is 10.3. The molecule has 0 amide bonds. The third-order valence-electron chi connectivity index (χ3n) is 10.2. The van der Waals surface area contributed by atoms with Gasteiger partial charge < -0.3 is 20.4 Å². The minimum absolute atomic E-state index is 0.193. The lowest BCUT2D eigenvalue weighted by molar-refractivity contribution is 0.134. The topological polar surface area (TPSA) is 72.0 Å². The zero-order valence-corrected chi connectivity index (χ0v) is 26.6. The Morgan fingerprint density at radius 3 is 2.37 bits per heavy atom. The molecule has 6 nitrogen and oxygen atoms in total. The van der Waals surface area contributed by atoms with E-state index in [4.69, 9.17) is 5.73 Å². The van der Waals surface area contributed by atoms with E-state index in [1.54, 1.807) is 12.1 Å². The van der Waals surface area contributed by atoms with Crippen molar-refractivity contribution >= 4 is 11.9 Å². The zero-order valence-electron chi connectivity index (χ0n) is 26.6. The highest BCUT2D eigenvalue weighted by Crippen LogP contribution is 2.40. The summed E-state index contributed by atoms with van der Waals surface area (Å²) in [5.74, 6) is 2.64. The maximum Gasteiger partial charge on any atom is 0.194 e. The van der Waals surface area contributed by atoms with Gasteiger partial charge in [-0.1, -0.05) is 63.2 Å². The summed E-state index contributed by atoms with van der Waals surface area (Å²) in [6.45, 7) is 11.5. The quantitative estimate of drug-likeness (QED) is 0.276. The average molecular weight is 589 g/mol. The van der Waals surface area contributed by atoms with Crippen molar-refractivity contribution in [2.45, 2.75) is 90.6 Å². The number of nitrogens with zero attached hydrogens (tertiary/aromatic N) is 4. The number of nitrogens with one attached hydrogen (secondary N) is 1. The Labute approximate surface area is 259 Å². The van der Waals surface area contributed by atoms with Gasteiger partial charge in [-0.2, -0.15) is 0 Å². The van der Waals surface area contributed by atoms with E-state index in [0.29, 0.717) is 29.4 Å². The lowest BCUT2D eigenvalue weighted by Crippen LogP contribution is -2.42. The number of halogens is 1. The van der Waals surface area contributed by atoms with Gasteiger partial charge in [0.15, 0.2) is 11.9 Å². The summed E-state index contributed by atoms with van der Waals surface area (Å²) >= 11 is 0. The molecular weight excluding hydrogens is 535 g/mol. The normalized spacial score (nSPS) is 24.6. The molecule has 1 aliphatic carbocycles. The minimum atomic E-state index is -0.193. The highest BCUT2D eigenvalue weighted by Gasteiger charge is 2.37. The molecular formula is C36H53FN6. The van der Waals surface area contributed by atoms with Crippen LogP contribution in [0.5, 0.6) is 0 Å². The van der Waals surface area contributed by atoms with Gasteiger partial charge in [0.2, 0.25) is 0 Å². The second-order valence-corrected chi connectivity index (χ2v) is 14.3. The van der Waals surface area contributed by atoms with Crippen LogP contribution in [-0.4, -0.2) is 71.4 Å². The number of hydrogen-bond acceptors (Lipinski definition) is 4. The lowest BCUT2D eigenvalue weighted by Gasteiger charge is -2.39. The Bertz CT molecular complexity index is 1220. The van der Waals surface area contributed by atoms with Crippen molar-refractivity contribution in [1.29, 1.82) is 5.41 Å². The molecule has 7 heteroatoms. The predicted octanol–water partition coefficient (Wildman–Crippen LogP) is 6.55. The molecule has 0 spiro atoms. The lowest BCUT2D eigenvalue weighted by atomic mass is 9.70. The molecule has 234 valence electrons. The van der Waals surface area contributed by atoms with Gasteiger partial charge >= 0.3 is 0 Å². The Morgan fingerprint density at radius 2 is 1.65 bits per heavy atom. The van der Waals surface area contributed by atoms with Crippen LogP contribution in [0.15, 0.2) is 59.6 Å². The molecule has 2 aromatic carbocycles. The highest BCUT2D eigenvalue weighted by atomic mass is 19.1. The molecule has 2 aliphatic heterocycles. The van der Waals surface area contributed by atoms with Crippen molar-refractivity contribution in [3.63, 3.8) is 0 Å². The van der Waals surface area contributed by atoms with E-state index in [1.165, 1.54) is 37.3 Å². The van der Waals surface area contributed by atoms with E-state index in [0.717, 1.165) is 82.3 Å². The summed E-state index contributed by atoms with van der Waals surface area (Å²) in [4.78, 5) is 11.5. The van der Waals surface area contributed by atoms with Crippen molar-refractivity contribution in [3.05, 3.63) is 71.5 Å². The van der Waals surface area contributed by atoms with Crippen molar-refractivity contribution in [1.82, 2.24) is 14.7 Å². The second-order valence-electron chi connectivity index (χ2n) is 14.3. The summed E-state index contributed by atoms with van der Waals surface area (Å²) < 4.78 is 13.6. The van der Waals surface area contributed by atoms with E-state index in [1.807, 2.05) is 6.07 Å². The van der Waals surface area contributed by atoms with Crippen LogP contribution in [0.3, 0.4) is 0 Å². The third-order valence-corrected chi connectivity index (χ3v) is 10.2. The van der Waals surface area contributed by atoms with E-state index in [-0.39, 0.29) is 5.82 Å². The number of benzene rings is 2. The van der Waals surface area contributed by atoms with Crippen LogP contribution in [0.4, 0.5) is 4.39 Å². The molecule has 3 aliphatic rings. The smallest absolute Gasteiger partial charge is 0.194 e. The molecule has 5 rings (SSSR count). The Balaban J connectivity index is 1.12. The van der Waals surface area contributed by atoms with Crippen molar-refractivity contribution in [2.75, 3.05) is 32.7 Å². The van der Waals surface area contributed by atoms with Crippen LogP contribution in [0.2, 0.25) is 0 Å². The summed E-state index contributed by atoms with van der Waals surface area (Å²) in [7, 11) is 0. The van der Waals surface area contributed by atoms with Gasteiger partial charge in [0.25, 0.3) is 0 Å². The van der Waals surface area contributed by atoms with Crippen molar-refractivity contribution < 1.29 is 4.39 Å². The number of rotatable bonds is 12. The maximum absolute atomic E-state index is 13.6. The first kappa shape index (κ1) is 31.3. The predicted molar refractivity (Wildman–Crippen MR) is 176 cm³/mol. The maximum atomic E-state index is 13.6. The van der Waals surface area contributed by atoms with Gasteiger partial charge in [-0.05, 0) is 98.3 Å². The van der Waals surface area contributed by atoms with Gasteiger partial charge in [-0.15, -0.1) is 0 Å². The molecule has 2 atom stereocenters. The molecule has 0 unspecified atom stereocenters. The molecule has 0 bridgehead atoms. The Hall–Kier alpha value is -3.09. The molecule has 0 radical (unpaired) electrons. The molecule has 3 N–H and O–H groups in total. The van der Waals surface area contributed by atoms with E-state index in [2.05, 4.69) is 70.8 Å². The molecule has 1 saturated heterocycles. The Morgan fingerprint density at radius 1 is 0.907 bits per heavy atom. The fourth-order valence-corrected chi connectivity index (χ4v) is 7.52. The molecule has 2 aromatic rings. The first-order valence-corrected chi connectivity index (χ1v) is 16.6. The van der Waals surface area contributed by atoms with Gasteiger partial charge in [0.1, 0.15) is 5.82 Å². The van der Waals surface area contributed by atoms with Crippen LogP contribution in [-0.2, 0) is 12.8 Å².